The first-order valence-electron chi connectivity index (χ1n) is 11.1. The maximum atomic E-state index is 12.5. The molecule has 0 bridgehead atoms. The van der Waals surface area contributed by atoms with Crippen molar-refractivity contribution in [3.05, 3.63) is 138 Å². The molecule has 0 aromatic heterocycles. The van der Waals surface area contributed by atoms with Gasteiger partial charge in [-0.2, -0.15) is 0 Å². The number of rotatable bonds is 9. The van der Waals surface area contributed by atoms with Gasteiger partial charge in [-0.3, -0.25) is 10.1 Å². The topological polar surface area (TPSA) is 89.8 Å². The van der Waals surface area contributed by atoms with Crippen molar-refractivity contribution in [2.45, 2.75) is 18.0 Å². The highest BCUT2D eigenvalue weighted by Gasteiger charge is 2.39. The van der Waals surface area contributed by atoms with Crippen molar-refractivity contribution < 1.29 is 19.9 Å². The molecular formula is C28H26BNO4. The van der Waals surface area contributed by atoms with Gasteiger partial charge in [0.2, 0.25) is 0 Å². The molecule has 4 aromatic carbocycles. The van der Waals surface area contributed by atoms with E-state index >= 15 is 0 Å². The smallest absolute Gasteiger partial charge is 0.480 e. The lowest BCUT2D eigenvalue weighted by Crippen LogP contribution is -2.53. The monoisotopic (exact) mass is 450 g/mol. The maximum Gasteiger partial charge on any atom is 0.488 e. The number of carboxylic acid groups (broad SMARTS) is 1. The van der Waals surface area contributed by atoms with Crippen LogP contribution in [0.1, 0.15) is 22.3 Å². The molecule has 0 aliphatic carbocycles. The number of hydrogen-bond acceptors (Lipinski definition) is 4. The second-order valence-corrected chi connectivity index (χ2v) is 8.20. The van der Waals surface area contributed by atoms with E-state index in [-0.39, 0.29) is 6.42 Å². The molecule has 4 aromatic rings. The molecule has 0 radical (unpaired) electrons. The molecule has 0 aliphatic heterocycles. The summed E-state index contributed by atoms with van der Waals surface area (Å²) >= 11 is 0. The molecule has 0 saturated heterocycles. The summed E-state index contributed by atoms with van der Waals surface area (Å²) in [7, 11) is -1.57. The molecule has 4 rings (SSSR count). The third-order valence-corrected chi connectivity index (χ3v) is 6.03. The fourth-order valence-electron chi connectivity index (χ4n) is 4.34. The molecule has 0 heterocycles. The zero-order chi connectivity index (χ0) is 24.0. The van der Waals surface area contributed by atoms with E-state index in [9.17, 15) is 19.9 Å². The van der Waals surface area contributed by atoms with Crippen LogP contribution in [-0.2, 0) is 16.8 Å². The summed E-state index contributed by atoms with van der Waals surface area (Å²) in [6.45, 7) is 0. The van der Waals surface area contributed by atoms with Crippen LogP contribution in [0.25, 0.3) is 0 Å². The van der Waals surface area contributed by atoms with Gasteiger partial charge in [0.1, 0.15) is 6.04 Å². The molecule has 0 unspecified atom stereocenters. The van der Waals surface area contributed by atoms with Gasteiger partial charge in [0, 0.05) is 0 Å². The molecule has 0 amide bonds. The molecular weight excluding hydrogens is 424 g/mol. The van der Waals surface area contributed by atoms with Crippen molar-refractivity contribution in [1.29, 1.82) is 0 Å². The Kier molecular flexibility index (Phi) is 7.23. The Morgan fingerprint density at radius 2 is 1.12 bits per heavy atom. The van der Waals surface area contributed by atoms with Gasteiger partial charge in [-0.15, -0.1) is 0 Å². The van der Waals surface area contributed by atoms with Crippen LogP contribution in [0.2, 0.25) is 0 Å². The number of nitrogens with one attached hydrogen (secondary N) is 1. The van der Waals surface area contributed by atoms with Crippen LogP contribution in [0.4, 0.5) is 0 Å². The molecule has 0 aliphatic rings. The second-order valence-electron chi connectivity index (χ2n) is 8.20. The Balaban J connectivity index is 1.83. The van der Waals surface area contributed by atoms with Crippen molar-refractivity contribution in [3.8, 4) is 0 Å². The zero-order valence-corrected chi connectivity index (χ0v) is 18.6. The summed E-state index contributed by atoms with van der Waals surface area (Å²) in [4.78, 5) is 12.5. The van der Waals surface area contributed by atoms with Crippen LogP contribution in [0, 0.1) is 0 Å². The van der Waals surface area contributed by atoms with E-state index in [2.05, 4.69) is 5.32 Å². The van der Waals surface area contributed by atoms with Crippen LogP contribution in [0.15, 0.2) is 115 Å². The molecule has 4 N–H and O–H groups in total. The van der Waals surface area contributed by atoms with E-state index in [4.69, 9.17) is 0 Å². The van der Waals surface area contributed by atoms with Crippen LogP contribution in [0.5, 0.6) is 0 Å². The van der Waals surface area contributed by atoms with Gasteiger partial charge in [0.25, 0.3) is 0 Å². The van der Waals surface area contributed by atoms with Gasteiger partial charge in [-0.1, -0.05) is 115 Å². The molecule has 1 atom stereocenters. The van der Waals surface area contributed by atoms with Crippen LogP contribution in [0.3, 0.4) is 0 Å². The molecule has 170 valence electrons. The summed E-state index contributed by atoms with van der Waals surface area (Å²) in [5.41, 5.74) is 3.00. The Morgan fingerprint density at radius 1 is 0.706 bits per heavy atom. The first-order valence-corrected chi connectivity index (χ1v) is 11.1. The van der Waals surface area contributed by atoms with Gasteiger partial charge >= 0.3 is 13.1 Å². The van der Waals surface area contributed by atoms with Gasteiger partial charge in [0.05, 0.1) is 5.54 Å². The third kappa shape index (κ3) is 4.94. The highest BCUT2D eigenvalue weighted by Crippen LogP contribution is 2.37. The lowest BCUT2D eigenvalue weighted by atomic mass is 9.26. The Labute approximate surface area is 199 Å². The normalized spacial score (nSPS) is 12.2. The van der Waals surface area contributed by atoms with Crippen LogP contribution in [-0.4, -0.2) is 34.3 Å². The highest BCUT2D eigenvalue weighted by atomic mass is 16.4. The Morgan fingerprint density at radius 3 is 1.47 bits per heavy atom. The van der Waals surface area contributed by atoms with Crippen molar-refractivity contribution >= 4 is 18.6 Å². The van der Waals surface area contributed by atoms with Crippen molar-refractivity contribution in [2.75, 3.05) is 0 Å². The van der Waals surface area contributed by atoms with Crippen LogP contribution < -0.4 is 10.8 Å². The number of carboxylic acids is 1. The molecule has 0 spiro atoms. The fraction of sp³-hybridized carbons (Fsp3) is 0.107. The van der Waals surface area contributed by atoms with E-state index in [0.29, 0.717) is 5.46 Å². The van der Waals surface area contributed by atoms with Crippen LogP contribution >= 0.6 is 0 Å². The third-order valence-electron chi connectivity index (χ3n) is 6.03. The quantitative estimate of drug-likeness (QED) is 0.233. The molecule has 34 heavy (non-hydrogen) atoms. The minimum atomic E-state index is -1.57. The SMILES string of the molecule is O=C(O)[C@H](Cc1ccc([10B](O)O)cc1)NC(c1ccccc1)(c1ccccc1)c1ccccc1. The first-order chi connectivity index (χ1) is 16.5. The summed E-state index contributed by atoms with van der Waals surface area (Å²) in [5, 5.41) is 32.5. The van der Waals surface area contributed by atoms with E-state index in [1.54, 1.807) is 24.3 Å². The minimum Gasteiger partial charge on any atom is -0.480 e. The van der Waals surface area contributed by atoms with Crippen molar-refractivity contribution in [1.82, 2.24) is 5.32 Å². The number of aliphatic carboxylic acids is 1. The summed E-state index contributed by atoms with van der Waals surface area (Å²) in [6.07, 6.45) is 0.214. The standard InChI is InChI=1S/C28H26BNO4/c31-27(32)26(20-21-16-18-25(19-17-21)29(33)34)30-28(22-10-4-1-5-11-22,23-12-6-2-7-13-23)24-14-8-3-9-15-24/h1-19,26,30,33-34H,20H2,(H,31,32)/t26-/m0/s1/i29-1. The lowest BCUT2D eigenvalue weighted by Gasteiger charge is -2.39. The molecule has 0 fully saturated rings. The molecule has 5 nitrogen and oxygen atoms in total. The second kappa shape index (κ2) is 10.5. The molecule has 0 saturated carbocycles. The molecule has 6 heteroatoms. The van der Waals surface area contributed by atoms with Gasteiger partial charge in [-0.05, 0) is 34.1 Å². The van der Waals surface area contributed by atoms with E-state index < -0.39 is 24.7 Å². The van der Waals surface area contributed by atoms with Gasteiger partial charge in [0.15, 0.2) is 0 Å². The van der Waals surface area contributed by atoms with Crippen molar-refractivity contribution in [2.24, 2.45) is 0 Å². The minimum absolute atomic E-state index is 0.214. The number of benzene rings is 4. The van der Waals surface area contributed by atoms with Gasteiger partial charge in [-0.25, -0.2) is 0 Å². The first kappa shape index (κ1) is 23.5. The largest absolute Gasteiger partial charge is 0.488 e. The number of hydrogen-bond donors (Lipinski definition) is 4. The average molecular weight is 451 g/mol. The Hall–Kier alpha value is -3.71. The van der Waals surface area contributed by atoms with E-state index in [1.807, 2.05) is 91.0 Å². The van der Waals surface area contributed by atoms with Crippen molar-refractivity contribution in [3.63, 3.8) is 0 Å². The zero-order valence-electron chi connectivity index (χ0n) is 18.6. The fourth-order valence-corrected chi connectivity index (χ4v) is 4.34. The van der Waals surface area contributed by atoms with E-state index in [1.165, 1.54) is 0 Å². The lowest BCUT2D eigenvalue weighted by molar-refractivity contribution is -0.139. The maximum absolute atomic E-state index is 12.5. The Bertz CT molecular complexity index is 1100. The average Bonchev–Trinajstić information content (AvgIpc) is 2.88. The number of carbonyl (C=O) groups is 1. The summed E-state index contributed by atoms with van der Waals surface area (Å²) in [6, 6.07) is 35.3. The predicted octanol–water partition coefficient (Wildman–Crippen LogP) is 2.94. The summed E-state index contributed by atoms with van der Waals surface area (Å²) in [5.74, 6) is -0.974. The van der Waals surface area contributed by atoms with Gasteiger partial charge < -0.3 is 15.2 Å². The highest BCUT2D eigenvalue weighted by molar-refractivity contribution is 6.58. The summed E-state index contributed by atoms with van der Waals surface area (Å²) < 4.78 is 0. The van der Waals surface area contributed by atoms with E-state index in [0.717, 1.165) is 22.3 Å². The predicted molar refractivity (Wildman–Crippen MR) is 134 cm³/mol.